The quantitative estimate of drug-likeness (QED) is 0.890. The molecule has 2 atom stereocenters. The number of hydrogen-bond acceptors (Lipinski definition) is 4. The van der Waals surface area contributed by atoms with Gasteiger partial charge in [0.05, 0.1) is 18.1 Å². The van der Waals surface area contributed by atoms with E-state index in [4.69, 9.17) is 10.5 Å². The van der Waals surface area contributed by atoms with Gasteiger partial charge in [-0.15, -0.1) is 12.4 Å². The van der Waals surface area contributed by atoms with Crippen molar-refractivity contribution in [2.24, 2.45) is 11.1 Å². The molecule has 1 aliphatic heterocycles. The Bertz CT molecular complexity index is 454. The molecule has 0 saturated carbocycles. The fourth-order valence-corrected chi connectivity index (χ4v) is 3.73. The third-order valence-corrected chi connectivity index (χ3v) is 5.36. The second kappa shape index (κ2) is 8.29. The van der Waals surface area contributed by atoms with E-state index in [0.29, 0.717) is 19.6 Å². The average molecular weight is 347 g/mol. The molecule has 1 aliphatic rings. The Labute approximate surface area is 143 Å². The van der Waals surface area contributed by atoms with Gasteiger partial charge < -0.3 is 15.4 Å². The summed E-state index contributed by atoms with van der Waals surface area (Å²) in [6, 6.07) is 2.08. The highest BCUT2D eigenvalue weighted by molar-refractivity contribution is 7.07. The molecular weight excluding hydrogens is 320 g/mol. The van der Waals surface area contributed by atoms with Crippen LogP contribution in [-0.2, 0) is 9.53 Å². The van der Waals surface area contributed by atoms with E-state index in [0.717, 1.165) is 18.4 Å². The summed E-state index contributed by atoms with van der Waals surface area (Å²) in [5.74, 6) is 0.186. The van der Waals surface area contributed by atoms with Crippen molar-refractivity contribution in [3.05, 3.63) is 22.4 Å². The monoisotopic (exact) mass is 346 g/mol. The fourth-order valence-electron chi connectivity index (χ4n) is 3.02. The van der Waals surface area contributed by atoms with Gasteiger partial charge in [0.2, 0.25) is 5.91 Å². The van der Waals surface area contributed by atoms with E-state index in [-0.39, 0.29) is 30.5 Å². The van der Waals surface area contributed by atoms with Gasteiger partial charge >= 0.3 is 0 Å². The Morgan fingerprint density at radius 1 is 1.45 bits per heavy atom. The lowest BCUT2D eigenvalue weighted by atomic mass is 9.80. The molecule has 1 aromatic rings. The summed E-state index contributed by atoms with van der Waals surface area (Å²) in [5.41, 5.74) is 6.67. The molecule has 0 bridgehead atoms. The van der Waals surface area contributed by atoms with Crippen LogP contribution in [0.15, 0.2) is 16.8 Å². The number of halogens is 1. The maximum Gasteiger partial charge on any atom is 0.230 e. The normalized spacial score (nSPS) is 22.3. The SMILES string of the molecule is CCC(CC)(CN)C(=O)N1CC(C)OC(c2ccsc2)C1.Cl. The molecule has 2 N–H and O–H groups in total. The van der Waals surface area contributed by atoms with Crippen molar-refractivity contribution in [1.82, 2.24) is 4.90 Å². The zero-order valence-electron chi connectivity index (χ0n) is 13.6. The summed E-state index contributed by atoms with van der Waals surface area (Å²) in [5, 5.41) is 4.15. The number of nitrogens with zero attached hydrogens (tertiary/aromatic N) is 1. The lowest BCUT2D eigenvalue weighted by molar-refractivity contribution is -0.155. The first-order valence-electron chi connectivity index (χ1n) is 7.73. The van der Waals surface area contributed by atoms with Crippen LogP contribution in [0.4, 0.5) is 0 Å². The molecule has 2 rings (SSSR count). The minimum atomic E-state index is -0.420. The van der Waals surface area contributed by atoms with Gasteiger partial charge in [-0.2, -0.15) is 11.3 Å². The summed E-state index contributed by atoms with van der Waals surface area (Å²) in [4.78, 5) is 14.9. The maximum atomic E-state index is 13.0. The average Bonchev–Trinajstić information content (AvgIpc) is 3.03. The van der Waals surface area contributed by atoms with Gasteiger partial charge in [-0.05, 0) is 42.2 Å². The second-order valence-corrected chi connectivity index (χ2v) is 6.67. The molecule has 1 aromatic heterocycles. The molecule has 0 radical (unpaired) electrons. The van der Waals surface area contributed by atoms with Crippen LogP contribution in [0.25, 0.3) is 0 Å². The topological polar surface area (TPSA) is 55.6 Å². The van der Waals surface area contributed by atoms with Crippen LogP contribution in [-0.4, -0.2) is 36.5 Å². The zero-order chi connectivity index (χ0) is 15.5. The van der Waals surface area contributed by atoms with E-state index in [1.807, 2.05) is 17.2 Å². The van der Waals surface area contributed by atoms with Gasteiger partial charge in [0.15, 0.2) is 0 Å². The van der Waals surface area contributed by atoms with E-state index < -0.39 is 5.41 Å². The van der Waals surface area contributed by atoms with Gasteiger partial charge in [0.1, 0.15) is 6.10 Å². The molecule has 22 heavy (non-hydrogen) atoms. The maximum absolute atomic E-state index is 13.0. The van der Waals surface area contributed by atoms with Crippen molar-refractivity contribution in [2.45, 2.75) is 45.8 Å². The van der Waals surface area contributed by atoms with Crippen molar-refractivity contribution in [2.75, 3.05) is 19.6 Å². The lowest BCUT2D eigenvalue weighted by Gasteiger charge is -2.41. The van der Waals surface area contributed by atoms with Crippen LogP contribution in [0.2, 0.25) is 0 Å². The third-order valence-electron chi connectivity index (χ3n) is 4.66. The van der Waals surface area contributed by atoms with E-state index >= 15 is 0 Å². The summed E-state index contributed by atoms with van der Waals surface area (Å²) >= 11 is 1.66. The number of amides is 1. The highest BCUT2D eigenvalue weighted by Gasteiger charge is 2.40. The van der Waals surface area contributed by atoms with Gasteiger partial charge in [0.25, 0.3) is 0 Å². The molecule has 2 unspecified atom stereocenters. The Balaban J connectivity index is 0.00000242. The van der Waals surface area contributed by atoms with E-state index in [1.165, 1.54) is 0 Å². The van der Waals surface area contributed by atoms with Crippen molar-refractivity contribution in [3.8, 4) is 0 Å². The van der Waals surface area contributed by atoms with E-state index in [9.17, 15) is 4.79 Å². The number of thiophene rings is 1. The first-order valence-corrected chi connectivity index (χ1v) is 8.67. The predicted molar refractivity (Wildman–Crippen MR) is 93.5 cm³/mol. The van der Waals surface area contributed by atoms with Gasteiger partial charge in [-0.3, -0.25) is 4.79 Å². The number of nitrogens with two attached hydrogens (primary N) is 1. The fraction of sp³-hybridized carbons (Fsp3) is 0.688. The first kappa shape index (κ1) is 19.4. The molecule has 0 aromatic carbocycles. The minimum Gasteiger partial charge on any atom is -0.367 e. The Morgan fingerprint density at radius 2 is 2.14 bits per heavy atom. The molecule has 1 fully saturated rings. The number of carbonyl (C=O) groups is 1. The summed E-state index contributed by atoms with van der Waals surface area (Å²) in [7, 11) is 0. The predicted octanol–water partition coefficient (Wildman–Crippen LogP) is 3.22. The second-order valence-electron chi connectivity index (χ2n) is 5.89. The first-order chi connectivity index (χ1) is 10.1. The smallest absolute Gasteiger partial charge is 0.230 e. The molecule has 6 heteroatoms. The van der Waals surface area contributed by atoms with Crippen molar-refractivity contribution in [1.29, 1.82) is 0 Å². The summed E-state index contributed by atoms with van der Waals surface area (Å²) in [6.45, 7) is 7.82. The van der Waals surface area contributed by atoms with E-state index in [1.54, 1.807) is 11.3 Å². The van der Waals surface area contributed by atoms with Crippen LogP contribution in [0.3, 0.4) is 0 Å². The van der Waals surface area contributed by atoms with Crippen LogP contribution >= 0.6 is 23.7 Å². The third kappa shape index (κ3) is 3.82. The van der Waals surface area contributed by atoms with Crippen molar-refractivity contribution in [3.63, 3.8) is 0 Å². The Hall–Kier alpha value is -0.620. The molecule has 1 saturated heterocycles. The molecule has 0 spiro atoms. The number of hydrogen-bond donors (Lipinski definition) is 1. The van der Waals surface area contributed by atoms with Gasteiger partial charge in [-0.25, -0.2) is 0 Å². The summed E-state index contributed by atoms with van der Waals surface area (Å²) in [6.07, 6.45) is 1.60. The number of rotatable bonds is 5. The van der Waals surface area contributed by atoms with Crippen LogP contribution < -0.4 is 5.73 Å². The lowest BCUT2D eigenvalue weighted by Crippen LogP contribution is -2.53. The van der Waals surface area contributed by atoms with Crippen LogP contribution in [0, 0.1) is 5.41 Å². The Kier molecular flexibility index (Phi) is 7.32. The summed E-state index contributed by atoms with van der Waals surface area (Å²) < 4.78 is 6.01. The van der Waals surface area contributed by atoms with E-state index in [2.05, 4.69) is 25.3 Å². The highest BCUT2D eigenvalue weighted by Crippen LogP contribution is 2.32. The van der Waals surface area contributed by atoms with Gasteiger partial charge in [0, 0.05) is 13.1 Å². The van der Waals surface area contributed by atoms with Gasteiger partial charge in [-0.1, -0.05) is 13.8 Å². The van der Waals surface area contributed by atoms with Crippen LogP contribution in [0.5, 0.6) is 0 Å². The largest absolute Gasteiger partial charge is 0.367 e. The molecule has 126 valence electrons. The molecule has 0 aliphatic carbocycles. The zero-order valence-corrected chi connectivity index (χ0v) is 15.2. The van der Waals surface area contributed by atoms with Crippen molar-refractivity contribution >= 4 is 29.7 Å². The molecule has 4 nitrogen and oxygen atoms in total. The van der Waals surface area contributed by atoms with Crippen LogP contribution in [0.1, 0.15) is 45.3 Å². The standard InChI is InChI=1S/C16H26N2O2S.ClH/c1-4-16(5-2,11-17)15(19)18-8-12(3)20-14(9-18)13-6-7-21-10-13;/h6-7,10,12,14H,4-5,8-9,11,17H2,1-3H3;1H. The highest BCUT2D eigenvalue weighted by atomic mass is 35.5. The number of ether oxygens (including phenoxy) is 1. The number of carbonyl (C=O) groups excluding carboxylic acids is 1. The van der Waals surface area contributed by atoms with Crippen molar-refractivity contribution < 1.29 is 9.53 Å². The Morgan fingerprint density at radius 3 is 2.64 bits per heavy atom. The minimum absolute atomic E-state index is 0. The molecular formula is C16H27ClN2O2S. The molecule has 2 heterocycles. The molecule has 1 amide bonds. The number of morpholine rings is 1.